The van der Waals surface area contributed by atoms with Gasteiger partial charge in [0.1, 0.15) is 0 Å². The number of rotatable bonds is 2. The Morgan fingerprint density at radius 3 is 2.42 bits per heavy atom. The summed E-state index contributed by atoms with van der Waals surface area (Å²) in [4.78, 5) is 0. The number of hydrogen-bond acceptors (Lipinski definition) is 0. The van der Waals surface area contributed by atoms with Gasteiger partial charge in [-0.25, -0.2) is 0 Å². The molecule has 0 aromatic heterocycles. The fraction of sp³-hybridized carbons (Fsp3) is 0.500. The van der Waals surface area contributed by atoms with Gasteiger partial charge in [0.25, 0.3) is 0 Å². The molecule has 0 atom stereocenters. The van der Waals surface area contributed by atoms with Gasteiger partial charge < -0.3 is 0 Å². The molecule has 1 rings (SSSR count). The summed E-state index contributed by atoms with van der Waals surface area (Å²) in [7, 11) is 0. The summed E-state index contributed by atoms with van der Waals surface area (Å²) in [5.41, 5.74) is 4.46. The molecule has 0 spiro atoms. The Bertz CT molecular complexity index is 259. The van der Waals surface area contributed by atoms with Crippen LogP contribution in [0.2, 0.25) is 0 Å². The maximum Gasteiger partial charge on any atom is -0.0216 e. The molecule has 0 aliphatic rings. The number of hydrogen-bond donors (Lipinski definition) is 0. The van der Waals surface area contributed by atoms with Gasteiger partial charge in [0.05, 0.1) is 0 Å². The van der Waals surface area contributed by atoms with Crippen molar-refractivity contribution in [2.24, 2.45) is 0 Å². The molecule has 1 aromatic rings. The van der Waals surface area contributed by atoms with Crippen LogP contribution >= 0.6 is 0 Å². The zero-order valence-corrected chi connectivity index (χ0v) is 8.52. The molecular formula is C12H18. The maximum atomic E-state index is 2.25. The molecule has 0 aliphatic heterocycles. The van der Waals surface area contributed by atoms with Crippen molar-refractivity contribution in [2.75, 3.05) is 0 Å². The van der Waals surface area contributed by atoms with E-state index in [4.69, 9.17) is 0 Å². The van der Waals surface area contributed by atoms with E-state index in [0.717, 1.165) is 6.42 Å². The Morgan fingerprint density at radius 2 is 1.92 bits per heavy atom. The maximum absolute atomic E-state index is 2.25. The molecule has 0 N–H and O–H groups in total. The minimum Gasteiger partial charge on any atom is -0.0617 e. The molecule has 0 heteroatoms. The summed E-state index contributed by atoms with van der Waals surface area (Å²) < 4.78 is 0. The van der Waals surface area contributed by atoms with Crippen LogP contribution in [0.1, 0.15) is 43.4 Å². The molecule has 0 radical (unpaired) electrons. The summed E-state index contributed by atoms with van der Waals surface area (Å²) in [6.07, 6.45) is 1.15. The van der Waals surface area contributed by atoms with Gasteiger partial charge in [-0.3, -0.25) is 0 Å². The molecular weight excluding hydrogens is 144 g/mol. The Labute approximate surface area is 75.6 Å². The summed E-state index contributed by atoms with van der Waals surface area (Å²) in [5.74, 6) is 0.650. The van der Waals surface area contributed by atoms with Crippen LogP contribution in [0.5, 0.6) is 0 Å². The molecule has 12 heavy (non-hydrogen) atoms. The van der Waals surface area contributed by atoms with Crippen LogP contribution in [0.3, 0.4) is 0 Å². The van der Waals surface area contributed by atoms with E-state index in [1.165, 1.54) is 16.7 Å². The Balaban J connectivity index is 3.14. The van der Waals surface area contributed by atoms with Crippen LogP contribution in [-0.2, 0) is 6.42 Å². The zero-order chi connectivity index (χ0) is 9.14. The second kappa shape index (κ2) is 3.75. The topological polar surface area (TPSA) is 0 Å². The van der Waals surface area contributed by atoms with Gasteiger partial charge in [0, 0.05) is 0 Å². The van der Waals surface area contributed by atoms with Crippen LogP contribution in [-0.4, -0.2) is 0 Å². The molecule has 0 saturated carbocycles. The van der Waals surface area contributed by atoms with Gasteiger partial charge in [-0.05, 0) is 36.0 Å². The van der Waals surface area contributed by atoms with E-state index in [-0.39, 0.29) is 0 Å². The second-order valence-corrected chi connectivity index (χ2v) is 3.64. The highest BCUT2D eigenvalue weighted by atomic mass is 14.1. The Kier molecular flexibility index (Phi) is 2.91. The molecule has 0 fully saturated rings. The first-order valence-electron chi connectivity index (χ1n) is 4.75. The Hall–Kier alpha value is -0.780. The smallest absolute Gasteiger partial charge is 0.0216 e. The fourth-order valence-electron chi connectivity index (χ4n) is 1.71. The predicted molar refractivity (Wildman–Crippen MR) is 54.6 cm³/mol. The van der Waals surface area contributed by atoms with E-state index in [9.17, 15) is 0 Å². The van der Waals surface area contributed by atoms with Gasteiger partial charge >= 0.3 is 0 Å². The van der Waals surface area contributed by atoms with Crippen LogP contribution in [0.25, 0.3) is 0 Å². The van der Waals surface area contributed by atoms with E-state index in [1.807, 2.05) is 0 Å². The lowest BCUT2D eigenvalue weighted by Gasteiger charge is -2.12. The van der Waals surface area contributed by atoms with Crippen molar-refractivity contribution in [3.8, 4) is 0 Å². The van der Waals surface area contributed by atoms with E-state index in [1.54, 1.807) is 0 Å². The van der Waals surface area contributed by atoms with E-state index in [0.29, 0.717) is 5.92 Å². The standard InChI is InChI=1S/C12H18/c1-5-11-7-6-8-12(9(2)3)10(11)4/h6-9H,5H2,1-4H3. The van der Waals surface area contributed by atoms with Crippen molar-refractivity contribution in [1.82, 2.24) is 0 Å². The lowest BCUT2D eigenvalue weighted by Crippen LogP contribution is -1.95. The molecule has 1 aromatic carbocycles. The van der Waals surface area contributed by atoms with E-state index < -0.39 is 0 Å². The summed E-state index contributed by atoms with van der Waals surface area (Å²) in [6.45, 7) is 8.95. The third kappa shape index (κ3) is 1.69. The molecule has 66 valence electrons. The van der Waals surface area contributed by atoms with Gasteiger partial charge in [0.15, 0.2) is 0 Å². The normalized spacial score (nSPS) is 10.8. The number of aryl methyl sites for hydroxylation is 1. The molecule has 0 unspecified atom stereocenters. The molecule has 0 saturated heterocycles. The molecule has 0 bridgehead atoms. The third-order valence-corrected chi connectivity index (χ3v) is 2.49. The summed E-state index contributed by atoms with van der Waals surface area (Å²) in [5, 5.41) is 0. The fourth-order valence-corrected chi connectivity index (χ4v) is 1.71. The lowest BCUT2D eigenvalue weighted by molar-refractivity contribution is 0.850. The van der Waals surface area contributed by atoms with Crippen LogP contribution in [0.4, 0.5) is 0 Å². The first-order valence-corrected chi connectivity index (χ1v) is 4.75. The van der Waals surface area contributed by atoms with Crippen molar-refractivity contribution in [1.29, 1.82) is 0 Å². The quantitative estimate of drug-likeness (QED) is 0.622. The van der Waals surface area contributed by atoms with Crippen LogP contribution < -0.4 is 0 Å². The molecule has 0 aliphatic carbocycles. The van der Waals surface area contributed by atoms with Crippen LogP contribution in [0.15, 0.2) is 18.2 Å². The summed E-state index contributed by atoms with van der Waals surface area (Å²) >= 11 is 0. The largest absolute Gasteiger partial charge is 0.0617 e. The second-order valence-electron chi connectivity index (χ2n) is 3.64. The first kappa shape index (κ1) is 9.31. The Morgan fingerprint density at radius 1 is 1.25 bits per heavy atom. The minimum atomic E-state index is 0.650. The van der Waals surface area contributed by atoms with Crippen molar-refractivity contribution in [3.63, 3.8) is 0 Å². The van der Waals surface area contributed by atoms with Crippen molar-refractivity contribution in [2.45, 2.75) is 40.0 Å². The molecule has 0 amide bonds. The minimum absolute atomic E-state index is 0.650. The van der Waals surface area contributed by atoms with Crippen molar-refractivity contribution in [3.05, 3.63) is 34.9 Å². The highest BCUT2D eigenvalue weighted by Crippen LogP contribution is 2.21. The van der Waals surface area contributed by atoms with Crippen LogP contribution in [0, 0.1) is 6.92 Å². The molecule has 0 nitrogen and oxygen atoms in total. The van der Waals surface area contributed by atoms with Gasteiger partial charge in [0.2, 0.25) is 0 Å². The lowest BCUT2D eigenvalue weighted by atomic mass is 9.93. The third-order valence-electron chi connectivity index (χ3n) is 2.49. The average molecular weight is 162 g/mol. The first-order chi connectivity index (χ1) is 5.66. The van der Waals surface area contributed by atoms with Gasteiger partial charge in [-0.1, -0.05) is 39.0 Å². The molecule has 0 heterocycles. The highest BCUT2D eigenvalue weighted by molar-refractivity contribution is 5.35. The number of benzene rings is 1. The van der Waals surface area contributed by atoms with Gasteiger partial charge in [-0.15, -0.1) is 0 Å². The van der Waals surface area contributed by atoms with Crippen molar-refractivity contribution < 1.29 is 0 Å². The monoisotopic (exact) mass is 162 g/mol. The van der Waals surface area contributed by atoms with Crippen molar-refractivity contribution >= 4 is 0 Å². The zero-order valence-electron chi connectivity index (χ0n) is 8.52. The summed E-state index contributed by atoms with van der Waals surface area (Å²) in [6, 6.07) is 6.63. The highest BCUT2D eigenvalue weighted by Gasteiger charge is 2.04. The average Bonchev–Trinajstić information content (AvgIpc) is 2.04. The predicted octanol–water partition coefficient (Wildman–Crippen LogP) is 3.68. The van der Waals surface area contributed by atoms with Gasteiger partial charge in [-0.2, -0.15) is 0 Å². The SMILES string of the molecule is CCc1cccc(C(C)C)c1C. The van der Waals surface area contributed by atoms with E-state index >= 15 is 0 Å². The van der Waals surface area contributed by atoms with E-state index in [2.05, 4.69) is 45.9 Å².